The Bertz CT molecular complexity index is 934. The number of amides is 1. The van der Waals surface area contributed by atoms with E-state index in [2.05, 4.69) is 15.2 Å². The van der Waals surface area contributed by atoms with Gasteiger partial charge in [-0.05, 0) is 42.0 Å². The number of nitrogens with one attached hydrogen (secondary N) is 1. The quantitative estimate of drug-likeness (QED) is 0.829. The fraction of sp³-hybridized carbons (Fsp3) is 0.158. The lowest BCUT2D eigenvalue weighted by Gasteiger charge is -2.17. The number of aliphatic imine (C=N–C) groups is 1. The molecule has 0 fully saturated rings. The number of amidine groups is 1. The topological polar surface area (TPSA) is 44.7 Å². The fourth-order valence-corrected chi connectivity index (χ4v) is 3.85. The van der Waals surface area contributed by atoms with Crippen LogP contribution in [0.5, 0.6) is 0 Å². The van der Waals surface area contributed by atoms with Gasteiger partial charge < -0.3 is 10.2 Å². The summed E-state index contributed by atoms with van der Waals surface area (Å²) in [5.74, 6) is -0.457. The molecule has 138 valence electrons. The van der Waals surface area contributed by atoms with Crippen LogP contribution in [0, 0.1) is 0 Å². The molecule has 0 bridgehead atoms. The zero-order valence-corrected chi connectivity index (χ0v) is 14.8. The van der Waals surface area contributed by atoms with Crippen molar-refractivity contribution in [2.75, 3.05) is 18.4 Å². The number of thioether (sulfide) groups is 1. The Labute approximate surface area is 157 Å². The third-order valence-corrected chi connectivity index (χ3v) is 5.18. The summed E-state index contributed by atoms with van der Waals surface area (Å²) in [5.41, 5.74) is 2.06. The van der Waals surface area contributed by atoms with E-state index in [-0.39, 0.29) is 5.56 Å². The van der Waals surface area contributed by atoms with Gasteiger partial charge in [0.2, 0.25) is 0 Å². The van der Waals surface area contributed by atoms with Gasteiger partial charge in [-0.1, -0.05) is 23.9 Å². The van der Waals surface area contributed by atoms with Crippen LogP contribution in [0.2, 0.25) is 0 Å². The van der Waals surface area contributed by atoms with Crippen LogP contribution in [-0.2, 0) is 6.18 Å². The lowest BCUT2D eigenvalue weighted by Crippen LogP contribution is -2.19. The first-order valence-electron chi connectivity index (χ1n) is 8.20. The predicted molar refractivity (Wildman–Crippen MR) is 100 cm³/mol. The Kier molecular flexibility index (Phi) is 4.43. The van der Waals surface area contributed by atoms with Gasteiger partial charge in [0.25, 0.3) is 5.91 Å². The lowest BCUT2D eigenvalue weighted by molar-refractivity contribution is -0.137. The molecule has 0 saturated carbocycles. The summed E-state index contributed by atoms with van der Waals surface area (Å²) >= 11 is 1.59. The number of hydrogen-bond donors (Lipinski definition) is 1. The summed E-state index contributed by atoms with van der Waals surface area (Å²) in [7, 11) is 0. The molecule has 2 aliphatic rings. The molecule has 0 aromatic heterocycles. The molecule has 2 aromatic rings. The number of fused-ring (bicyclic) bond motifs is 1. The third-order valence-electron chi connectivity index (χ3n) is 4.28. The van der Waals surface area contributed by atoms with Crippen molar-refractivity contribution in [3.8, 4) is 0 Å². The van der Waals surface area contributed by atoms with Gasteiger partial charge in [-0.3, -0.25) is 9.79 Å². The average molecular weight is 389 g/mol. The van der Waals surface area contributed by atoms with Crippen molar-refractivity contribution in [2.24, 2.45) is 4.99 Å². The summed E-state index contributed by atoms with van der Waals surface area (Å²) in [6, 6.07) is 11.5. The van der Waals surface area contributed by atoms with Crippen LogP contribution in [-0.4, -0.2) is 29.1 Å². The Balaban J connectivity index is 1.44. The standard InChI is InChI=1S/C19H14F3N3OS/c20-19(21,22)14-5-1-13(2-6-14)17(26)24-15-7-3-12(4-8-15)16-11-27-18-23-9-10-25(16)18/h1-8,11H,9-10H2,(H,24,26). The second-order valence-corrected chi connectivity index (χ2v) is 6.88. The molecule has 1 N–H and O–H groups in total. The molecule has 2 aromatic carbocycles. The molecule has 0 spiro atoms. The van der Waals surface area contributed by atoms with E-state index < -0.39 is 17.6 Å². The predicted octanol–water partition coefficient (Wildman–Crippen LogP) is 4.67. The van der Waals surface area contributed by atoms with Gasteiger partial charge in [-0.2, -0.15) is 13.2 Å². The molecule has 27 heavy (non-hydrogen) atoms. The zero-order valence-electron chi connectivity index (χ0n) is 14.0. The molecule has 1 amide bonds. The number of nitrogens with zero attached hydrogens (tertiary/aromatic N) is 2. The molecule has 4 rings (SSSR count). The highest BCUT2D eigenvalue weighted by molar-refractivity contribution is 8.16. The number of benzene rings is 2. The first kappa shape index (κ1) is 17.7. The maximum Gasteiger partial charge on any atom is 0.416 e. The van der Waals surface area contributed by atoms with E-state index in [1.165, 1.54) is 12.1 Å². The van der Waals surface area contributed by atoms with Crippen molar-refractivity contribution in [2.45, 2.75) is 6.18 Å². The number of rotatable bonds is 3. The van der Waals surface area contributed by atoms with Crippen LogP contribution in [0.3, 0.4) is 0 Å². The van der Waals surface area contributed by atoms with E-state index >= 15 is 0 Å². The first-order chi connectivity index (χ1) is 12.9. The molecule has 0 radical (unpaired) electrons. The molecule has 0 atom stereocenters. The molecule has 2 aliphatic heterocycles. The minimum atomic E-state index is -4.42. The summed E-state index contributed by atoms with van der Waals surface area (Å²) in [6.07, 6.45) is -4.42. The van der Waals surface area contributed by atoms with E-state index in [0.29, 0.717) is 5.69 Å². The monoisotopic (exact) mass is 389 g/mol. The van der Waals surface area contributed by atoms with Crippen LogP contribution in [0.15, 0.2) is 58.9 Å². The van der Waals surface area contributed by atoms with Crippen LogP contribution < -0.4 is 5.32 Å². The van der Waals surface area contributed by atoms with Crippen LogP contribution in [0.4, 0.5) is 18.9 Å². The van der Waals surface area contributed by atoms with Crippen molar-refractivity contribution in [3.05, 3.63) is 70.6 Å². The number of alkyl halides is 3. The Morgan fingerprint density at radius 3 is 2.44 bits per heavy atom. The van der Waals surface area contributed by atoms with Crippen molar-refractivity contribution < 1.29 is 18.0 Å². The Hall–Kier alpha value is -2.74. The summed E-state index contributed by atoms with van der Waals surface area (Å²) < 4.78 is 37.8. The number of carbonyl (C=O) groups is 1. The Morgan fingerprint density at radius 2 is 1.78 bits per heavy atom. The first-order valence-corrected chi connectivity index (χ1v) is 9.08. The van der Waals surface area contributed by atoms with Crippen LogP contribution in [0.25, 0.3) is 5.70 Å². The van der Waals surface area contributed by atoms with Gasteiger partial charge in [-0.25, -0.2) is 0 Å². The average Bonchev–Trinajstić information content (AvgIpc) is 3.25. The molecule has 4 nitrogen and oxygen atoms in total. The highest BCUT2D eigenvalue weighted by Gasteiger charge is 2.30. The maximum absolute atomic E-state index is 12.6. The number of carbonyl (C=O) groups excluding carboxylic acids is 1. The number of anilines is 1. The number of hydrogen-bond acceptors (Lipinski definition) is 4. The zero-order chi connectivity index (χ0) is 19.0. The van der Waals surface area contributed by atoms with Crippen molar-refractivity contribution in [1.29, 1.82) is 0 Å². The SMILES string of the molecule is O=C(Nc1ccc(C2=CSC3=NCCN23)cc1)c1ccc(C(F)(F)F)cc1. The molecule has 8 heteroatoms. The Morgan fingerprint density at radius 1 is 1.07 bits per heavy atom. The maximum atomic E-state index is 12.6. The van der Waals surface area contributed by atoms with E-state index in [9.17, 15) is 18.0 Å². The molecular formula is C19H14F3N3OS. The van der Waals surface area contributed by atoms with E-state index in [1.54, 1.807) is 23.9 Å². The van der Waals surface area contributed by atoms with Crippen LogP contribution >= 0.6 is 11.8 Å². The van der Waals surface area contributed by atoms with Gasteiger partial charge in [0, 0.05) is 23.2 Å². The van der Waals surface area contributed by atoms with Gasteiger partial charge >= 0.3 is 6.18 Å². The lowest BCUT2D eigenvalue weighted by atomic mass is 10.1. The second-order valence-electron chi connectivity index (χ2n) is 6.04. The summed E-state index contributed by atoms with van der Waals surface area (Å²) in [5, 5.41) is 5.75. The fourth-order valence-electron chi connectivity index (χ4n) is 2.89. The highest BCUT2D eigenvalue weighted by Crippen LogP contribution is 2.35. The normalized spacial score (nSPS) is 16.0. The van der Waals surface area contributed by atoms with Gasteiger partial charge in [0.15, 0.2) is 5.17 Å². The van der Waals surface area contributed by atoms with Gasteiger partial charge in [0.1, 0.15) is 0 Å². The highest BCUT2D eigenvalue weighted by atomic mass is 32.2. The third kappa shape index (κ3) is 3.57. The van der Waals surface area contributed by atoms with Crippen molar-refractivity contribution in [1.82, 2.24) is 4.90 Å². The molecule has 0 aliphatic carbocycles. The summed E-state index contributed by atoms with van der Waals surface area (Å²) in [4.78, 5) is 18.8. The largest absolute Gasteiger partial charge is 0.416 e. The minimum absolute atomic E-state index is 0.167. The van der Waals surface area contributed by atoms with E-state index in [4.69, 9.17) is 0 Å². The van der Waals surface area contributed by atoms with Gasteiger partial charge in [-0.15, -0.1) is 0 Å². The molecule has 2 heterocycles. The molecule has 0 unspecified atom stereocenters. The second kappa shape index (κ2) is 6.77. The van der Waals surface area contributed by atoms with Crippen molar-refractivity contribution in [3.63, 3.8) is 0 Å². The summed E-state index contributed by atoms with van der Waals surface area (Å²) in [6.45, 7) is 1.65. The molecule has 0 saturated heterocycles. The minimum Gasteiger partial charge on any atom is -0.322 e. The molecular weight excluding hydrogens is 375 g/mol. The van der Waals surface area contributed by atoms with E-state index in [0.717, 1.165) is 41.7 Å². The van der Waals surface area contributed by atoms with Crippen LogP contribution in [0.1, 0.15) is 21.5 Å². The van der Waals surface area contributed by atoms with Gasteiger partial charge in [0.05, 0.1) is 17.8 Å². The smallest absolute Gasteiger partial charge is 0.322 e. The number of halogens is 3. The van der Waals surface area contributed by atoms with Crippen molar-refractivity contribution >= 4 is 34.2 Å². The van der Waals surface area contributed by atoms with E-state index in [1.807, 2.05) is 17.5 Å².